The Bertz CT molecular complexity index is 517. The summed E-state index contributed by atoms with van der Waals surface area (Å²) in [4.78, 5) is 0.318. The van der Waals surface area contributed by atoms with Gasteiger partial charge in [0.15, 0.2) is 0 Å². The molecule has 0 saturated heterocycles. The van der Waals surface area contributed by atoms with E-state index in [0.29, 0.717) is 18.0 Å². The normalized spacial score (nSPS) is 13.7. The van der Waals surface area contributed by atoms with Crippen LogP contribution in [-0.4, -0.2) is 46.1 Å². The van der Waals surface area contributed by atoms with Crippen LogP contribution in [0.25, 0.3) is 0 Å². The Hall–Kier alpha value is -0.950. The summed E-state index contributed by atoms with van der Waals surface area (Å²) in [6.07, 6.45) is 0. The van der Waals surface area contributed by atoms with Gasteiger partial charge in [-0.1, -0.05) is 19.1 Å². The highest BCUT2D eigenvalue weighted by Gasteiger charge is 2.25. The van der Waals surface area contributed by atoms with E-state index < -0.39 is 10.0 Å². The topological polar surface area (TPSA) is 58.6 Å². The predicted molar refractivity (Wildman–Crippen MR) is 80.1 cm³/mol. The van der Waals surface area contributed by atoms with Crippen molar-refractivity contribution in [2.75, 3.05) is 27.3 Å². The molecule has 0 amide bonds. The number of nitrogens with zero attached hydrogens (tertiary/aromatic N) is 1. The maximum absolute atomic E-state index is 12.5. The zero-order chi connectivity index (χ0) is 15.2. The summed E-state index contributed by atoms with van der Waals surface area (Å²) in [6, 6.07) is 6.83. The first-order valence-corrected chi connectivity index (χ1v) is 8.14. The van der Waals surface area contributed by atoms with Crippen LogP contribution < -0.4 is 5.32 Å². The average Bonchev–Trinajstić information content (AvgIpc) is 2.44. The van der Waals surface area contributed by atoms with E-state index in [4.69, 9.17) is 4.74 Å². The number of benzene rings is 1. The number of nitrogens with one attached hydrogen (secondary N) is 1. The molecule has 5 nitrogen and oxygen atoms in total. The molecule has 0 fully saturated rings. The molecule has 0 saturated carbocycles. The van der Waals surface area contributed by atoms with E-state index in [-0.39, 0.29) is 6.04 Å². The van der Waals surface area contributed by atoms with Gasteiger partial charge in [-0.3, -0.25) is 0 Å². The zero-order valence-electron chi connectivity index (χ0n) is 12.6. The van der Waals surface area contributed by atoms with Gasteiger partial charge in [0.25, 0.3) is 0 Å². The van der Waals surface area contributed by atoms with Gasteiger partial charge in [0.05, 0.1) is 11.5 Å². The highest BCUT2D eigenvalue weighted by molar-refractivity contribution is 7.89. The molecule has 0 heterocycles. The molecule has 1 aromatic carbocycles. The molecule has 0 aliphatic heterocycles. The van der Waals surface area contributed by atoms with Crippen molar-refractivity contribution < 1.29 is 13.2 Å². The molecule has 114 valence electrons. The molecule has 0 aromatic heterocycles. The molecule has 1 N–H and O–H groups in total. The number of sulfonamides is 1. The first-order chi connectivity index (χ1) is 9.43. The third kappa shape index (κ3) is 4.28. The van der Waals surface area contributed by atoms with Crippen molar-refractivity contribution in [1.82, 2.24) is 9.62 Å². The molecule has 1 rings (SSSR count). The van der Waals surface area contributed by atoms with Gasteiger partial charge in [-0.2, -0.15) is 4.31 Å². The van der Waals surface area contributed by atoms with Crippen molar-refractivity contribution in [2.24, 2.45) is 0 Å². The Morgan fingerprint density at radius 1 is 1.40 bits per heavy atom. The number of hydrogen-bond acceptors (Lipinski definition) is 4. The van der Waals surface area contributed by atoms with Crippen LogP contribution in [0.4, 0.5) is 0 Å². The minimum atomic E-state index is -3.48. The minimum absolute atomic E-state index is 0.206. The molecule has 0 aliphatic carbocycles. The molecule has 0 bridgehead atoms. The van der Waals surface area contributed by atoms with Crippen molar-refractivity contribution in [3.05, 3.63) is 29.8 Å². The van der Waals surface area contributed by atoms with E-state index in [0.717, 1.165) is 12.1 Å². The largest absolute Gasteiger partial charge is 0.383 e. The summed E-state index contributed by atoms with van der Waals surface area (Å²) >= 11 is 0. The summed E-state index contributed by atoms with van der Waals surface area (Å²) in [7, 11) is -0.340. The van der Waals surface area contributed by atoms with E-state index in [9.17, 15) is 8.42 Å². The smallest absolute Gasteiger partial charge is 0.243 e. The number of hydrogen-bond donors (Lipinski definition) is 1. The average molecular weight is 300 g/mol. The number of likely N-dealkylation sites (N-methyl/N-ethyl adjacent to an activating group) is 1. The van der Waals surface area contributed by atoms with Gasteiger partial charge in [0, 0.05) is 26.7 Å². The van der Waals surface area contributed by atoms with Crippen molar-refractivity contribution in [3.8, 4) is 0 Å². The molecule has 0 radical (unpaired) electrons. The van der Waals surface area contributed by atoms with Crippen LogP contribution in [0.15, 0.2) is 29.2 Å². The van der Waals surface area contributed by atoms with Crippen molar-refractivity contribution in [1.29, 1.82) is 0 Å². The molecule has 0 aliphatic rings. The van der Waals surface area contributed by atoms with Gasteiger partial charge in [0.1, 0.15) is 0 Å². The van der Waals surface area contributed by atoms with Gasteiger partial charge in [-0.05, 0) is 31.2 Å². The van der Waals surface area contributed by atoms with Crippen molar-refractivity contribution in [2.45, 2.75) is 31.3 Å². The molecule has 1 aromatic rings. The van der Waals surface area contributed by atoms with Gasteiger partial charge in [0.2, 0.25) is 10.0 Å². The van der Waals surface area contributed by atoms with Crippen LogP contribution in [0.2, 0.25) is 0 Å². The van der Waals surface area contributed by atoms with Crippen LogP contribution in [0.5, 0.6) is 0 Å². The Morgan fingerprint density at radius 2 is 2.10 bits per heavy atom. The van der Waals surface area contributed by atoms with E-state index in [1.807, 2.05) is 19.9 Å². The molecular formula is C14H24N2O3S. The van der Waals surface area contributed by atoms with Crippen LogP contribution in [0, 0.1) is 0 Å². The second-order valence-corrected chi connectivity index (χ2v) is 6.75. The molecular weight excluding hydrogens is 276 g/mol. The standard InChI is InChI=1S/C14H24N2O3S/c1-5-15-10-13-7-6-8-14(9-13)20(17,18)16(3)12(2)11-19-4/h6-9,12,15H,5,10-11H2,1-4H3. The second-order valence-electron chi connectivity index (χ2n) is 4.75. The lowest BCUT2D eigenvalue weighted by Gasteiger charge is -2.23. The highest BCUT2D eigenvalue weighted by atomic mass is 32.2. The molecule has 0 spiro atoms. The highest BCUT2D eigenvalue weighted by Crippen LogP contribution is 2.18. The Labute approximate surface area is 122 Å². The van der Waals surface area contributed by atoms with Crippen LogP contribution in [0.1, 0.15) is 19.4 Å². The van der Waals surface area contributed by atoms with Crippen molar-refractivity contribution >= 4 is 10.0 Å². The molecule has 1 unspecified atom stereocenters. The molecule has 6 heteroatoms. The van der Waals surface area contributed by atoms with Gasteiger partial charge in [-0.15, -0.1) is 0 Å². The Morgan fingerprint density at radius 3 is 2.70 bits per heavy atom. The summed E-state index contributed by atoms with van der Waals surface area (Å²) in [5.74, 6) is 0. The first kappa shape index (κ1) is 17.1. The predicted octanol–water partition coefficient (Wildman–Crippen LogP) is 1.45. The lowest BCUT2D eigenvalue weighted by Crippen LogP contribution is -2.37. The van der Waals surface area contributed by atoms with E-state index in [1.54, 1.807) is 32.4 Å². The number of methoxy groups -OCH3 is 1. The fraction of sp³-hybridized carbons (Fsp3) is 0.571. The lowest BCUT2D eigenvalue weighted by molar-refractivity contribution is 0.149. The van der Waals surface area contributed by atoms with Gasteiger partial charge < -0.3 is 10.1 Å². The van der Waals surface area contributed by atoms with Crippen LogP contribution in [-0.2, 0) is 21.3 Å². The second kappa shape index (κ2) is 7.73. The molecule has 1 atom stereocenters. The van der Waals surface area contributed by atoms with E-state index in [2.05, 4.69) is 5.32 Å². The third-order valence-electron chi connectivity index (χ3n) is 3.18. The van der Waals surface area contributed by atoms with Crippen molar-refractivity contribution in [3.63, 3.8) is 0 Å². The third-order valence-corrected chi connectivity index (χ3v) is 5.15. The summed E-state index contributed by atoms with van der Waals surface area (Å²) in [6.45, 7) is 5.72. The Balaban J connectivity index is 2.97. The SMILES string of the molecule is CCNCc1cccc(S(=O)(=O)N(C)C(C)COC)c1. The number of rotatable bonds is 8. The van der Waals surface area contributed by atoms with Gasteiger partial charge in [-0.25, -0.2) is 8.42 Å². The number of ether oxygens (including phenoxy) is 1. The van der Waals surface area contributed by atoms with Crippen LogP contribution in [0.3, 0.4) is 0 Å². The van der Waals surface area contributed by atoms with Crippen LogP contribution >= 0.6 is 0 Å². The zero-order valence-corrected chi connectivity index (χ0v) is 13.4. The monoisotopic (exact) mass is 300 g/mol. The maximum atomic E-state index is 12.5. The first-order valence-electron chi connectivity index (χ1n) is 6.70. The van der Waals surface area contributed by atoms with E-state index >= 15 is 0 Å². The summed E-state index contributed by atoms with van der Waals surface area (Å²) in [5, 5.41) is 3.19. The Kier molecular flexibility index (Phi) is 6.61. The minimum Gasteiger partial charge on any atom is -0.383 e. The van der Waals surface area contributed by atoms with E-state index in [1.165, 1.54) is 4.31 Å². The fourth-order valence-electron chi connectivity index (χ4n) is 1.83. The summed E-state index contributed by atoms with van der Waals surface area (Å²) in [5.41, 5.74) is 0.959. The maximum Gasteiger partial charge on any atom is 0.243 e. The quantitative estimate of drug-likeness (QED) is 0.789. The summed E-state index contributed by atoms with van der Waals surface area (Å²) < 4.78 is 31.4. The lowest BCUT2D eigenvalue weighted by atomic mass is 10.2. The van der Waals surface area contributed by atoms with Gasteiger partial charge >= 0.3 is 0 Å². The molecule has 20 heavy (non-hydrogen) atoms. The fourth-order valence-corrected chi connectivity index (χ4v) is 3.25.